The highest BCUT2D eigenvalue weighted by atomic mass is 16.4. The fourth-order valence-electron chi connectivity index (χ4n) is 4.01. The van der Waals surface area contributed by atoms with E-state index >= 15 is 0 Å². The summed E-state index contributed by atoms with van der Waals surface area (Å²) in [5.74, 6) is -1.28. The zero-order valence-corrected chi connectivity index (χ0v) is 19.7. The van der Waals surface area contributed by atoms with E-state index in [9.17, 15) is 19.5 Å². The fourth-order valence-corrected chi connectivity index (χ4v) is 4.01. The number of hydrogen-bond acceptors (Lipinski definition) is 4. The van der Waals surface area contributed by atoms with Gasteiger partial charge < -0.3 is 31.8 Å². The number of hydrogen-bond donors (Lipinski definition) is 5. The third-order valence-electron chi connectivity index (χ3n) is 6.07. The highest BCUT2D eigenvalue weighted by Gasteiger charge is 2.22. The van der Waals surface area contributed by atoms with Crippen LogP contribution in [0.2, 0.25) is 0 Å². The topological polar surface area (TPSA) is 155 Å². The third kappa shape index (κ3) is 7.86. The Morgan fingerprint density at radius 2 is 1.71 bits per heavy atom. The van der Waals surface area contributed by atoms with Crippen molar-refractivity contribution in [1.82, 2.24) is 15.2 Å². The van der Waals surface area contributed by atoms with Crippen molar-refractivity contribution < 1.29 is 19.5 Å². The number of H-pyrrole nitrogens is 1. The number of likely N-dealkylation sites (tertiary alicyclic amines) is 1. The molecule has 9 heteroatoms. The highest BCUT2D eigenvalue weighted by molar-refractivity contribution is 5.86. The summed E-state index contributed by atoms with van der Waals surface area (Å²) in [6.45, 7) is 1.44. The highest BCUT2D eigenvalue weighted by Crippen LogP contribution is 2.19. The molecule has 2 heterocycles. The van der Waals surface area contributed by atoms with Gasteiger partial charge in [0.05, 0.1) is 0 Å². The van der Waals surface area contributed by atoms with Crippen LogP contribution in [0.25, 0.3) is 10.9 Å². The number of amides is 3. The Bertz CT molecular complexity index is 1120. The summed E-state index contributed by atoms with van der Waals surface area (Å²) in [5, 5.41) is 13.1. The Morgan fingerprint density at radius 1 is 1.06 bits per heavy atom. The Morgan fingerprint density at radius 3 is 2.37 bits per heavy atom. The molecule has 35 heavy (non-hydrogen) atoms. The normalized spacial score (nSPS) is 14.6. The molecule has 0 radical (unpaired) electrons. The van der Waals surface area contributed by atoms with Gasteiger partial charge in [-0.25, -0.2) is 9.59 Å². The van der Waals surface area contributed by atoms with Crippen molar-refractivity contribution in [2.75, 3.05) is 13.1 Å². The van der Waals surface area contributed by atoms with Gasteiger partial charge in [-0.3, -0.25) is 4.79 Å². The quantitative estimate of drug-likeness (QED) is 0.352. The maximum Gasteiger partial charge on any atom is 0.326 e. The van der Waals surface area contributed by atoms with Crippen molar-refractivity contribution in [3.63, 3.8) is 0 Å². The standard InChI is InChI=1S/C20H20N2O3.C6H13N3O/c23-19(11-10-14-6-2-1-3-7-14)22-18(20(24)25)12-15-13-21-17-9-5-4-8-16(15)17;7-5-1-3-9(4-2-5)6(8)10/h1-9,13,18,21H,10-12H2,(H,22,23)(H,24,25);5H,1-4,7H2,(H2,8,10)/t18-;/m0./s1. The number of carbonyl (C=O) groups excluding carboxylic acids is 2. The van der Waals surface area contributed by atoms with Gasteiger partial charge >= 0.3 is 12.0 Å². The number of aromatic nitrogens is 1. The first-order chi connectivity index (χ1) is 16.8. The molecular formula is C26H33N5O4. The van der Waals surface area contributed by atoms with E-state index < -0.39 is 12.0 Å². The van der Waals surface area contributed by atoms with E-state index in [4.69, 9.17) is 11.5 Å². The minimum Gasteiger partial charge on any atom is -0.480 e. The zero-order valence-electron chi connectivity index (χ0n) is 19.7. The molecule has 1 atom stereocenters. The summed E-state index contributed by atoms with van der Waals surface area (Å²) in [6.07, 6.45) is 4.66. The molecule has 3 amide bonds. The number of aryl methyl sites for hydroxylation is 1. The van der Waals surface area contributed by atoms with Gasteiger partial charge in [0.2, 0.25) is 5.91 Å². The van der Waals surface area contributed by atoms with E-state index in [1.165, 1.54) is 0 Å². The van der Waals surface area contributed by atoms with Gasteiger partial charge in [-0.15, -0.1) is 0 Å². The second-order valence-corrected chi connectivity index (χ2v) is 8.67. The lowest BCUT2D eigenvalue weighted by Crippen LogP contribution is -2.45. The molecule has 3 aromatic rings. The molecule has 2 aromatic carbocycles. The van der Waals surface area contributed by atoms with Crippen molar-refractivity contribution in [3.8, 4) is 0 Å². The summed E-state index contributed by atoms with van der Waals surface area (Å²) in [4.78, 5) is 39.0. The number of piperidine rings is 1. The van der Waals surface area contributed by atoms with Gasteiger partial charge in [-0.2, -0.15) is 0 Å². The minimum absolute atomic E-state index is 0.246. The molecule has 0 bridgehead atoms. The number of primary amides is 1. The molecule has 1 aliphatic rings. The number of nitrogens with two attached hydrogens (primary N) is 2. The molecular weight excluding hydrogens is 446 g/mol. The maximum absolute atomic E-state index is 12.1. The molecule has 7 N–H and O–H groups in total. The largest absolute Gasteiger partial charge is 0.480 e. The number of nitrogens with one attached hydrogen (secondary N) is 2. The SMILES string of the molecule is NC(=O)N1CCC(N)CC1.O=C(CCc1ccccc1)N[C@@H](Cc1c[nH]c2ccccc12)C(=O)O. The van der Waals surface area contributed by atoms with Crippen LogP contribution in [0.1, 0.15) is 30.4 Å². The number of urea groups is 1. The van der Waals surface area contributed by atoms with Crippen LogP contribution < -0.4 is 16.8 Å². The smallest absolute Gasteiger partial charge is 0.326 e. The van der Waals surface area contributed by atoms with Crippen molar-refractivity contribution >= 4 is 28.8 Å². The van der Waals surface area contributed by atoms with Gasteiger partial charge in [0, 0.05) is 49.1 Å². The summed E-state index contributed by atoms with van der Waals surface area (Å²) < 4.78 is 0. The number of rotatable bonds is 7. The lowest BCUT2D eigenvalue weighted by Gasteiger charge is -2.28. The van der Waals surface area contributed by atoms with Gasteiger partial charge in [0.25, 0.3) is 0 Å². The van der Waals surface area contributed by atoms with Crippen LogP contribution in [0.5, 0.6) is 0 Å². The van der Waals surface area contributed by atoms with Crippen LogP contribution in [-0.4, -0.2) is 58.1 Å². The van der Waals surface area contributed by atoms with Crippen LogP contribution in [0, 0.1) is 0 Å². The Balaban J connectivity index is 0.000000287. The first kappa shape index (κ1) is 25.8. The van der Waals surface area contributed by atoms with Gasteiger partial charge in [-0.1, -0.05) is 48.5 Å². The van der Waals surface area contributed by atoms with Gasteiger partial charge in [0.15, 0.2) is 0 Å². The average molecular weight is 480 g/mol. The van der Waals surface area contributed by atoms with E-state index in [0.29, 0.717) is 6.42 Å². The van der Waals surface area contributed by atoms with Crippen LogP contribution in [0.3, 0.4) is 0 Å². The summed E-state index contributed by atoms with van der Waals surface area (Å²) in [6, 6.07) is 16.4. The molecule has 0 aliphatic carbocycles. The van der Waals surface area contributed by atoms with Crippen molar-refractivity contribution in [1.29, 1.82) is 0 Å². The predicted octanol–water partition coefficient (Wildman–Crippen LogP) is 2.40. The number of aromatic amines is 1. The molecule has 0 unspecified atom stereocenters. The van der Waals surface area contributed by atoms with Crippen LogP contribution >= 0.6 is 0 Å². The number of carboxylic acids is 1. The molecule has 1 saturated heterocycles. The lowest BCUT2D eigenvalue weighted by molar-refractivity contribution is -0.141. The minimum atomic E-state index is -1.03. The zero-order chi connectivity index (χ0) is 25.2. The van der Waals surface area contributed by atoms with E-state index in [2.05, 4.69) is 10.3 Å². The first-order valence-corrected chi connectivity index (χ1v) is 11.7. The van der Waals surface area contributed by atoms with Crippen LogP contribution in [0.15, 0.2) is 60.8 Å². The fraction of sp³-hybridized carbons (Fsp3) is 0.346. The predicted molar refractivity (Wildman–Crippen MR) is 135 cm³/mol. The van der Waals surface area contributed by atoms with Crippen molar-refractivity contribution in [2.24, 2.45) is 11.5 Å². The molecule has 1 aromatic heterocycles. The van der Waals surface area contributed by atoms with Crippen molar-refractivity contribution in [3.05, 3.63) is 71.9 Å². The number of fused-ring (bicyclic) bond motifs is 1. The third-order valence-corrected chi connectivity index (χ3v) is 6.07. The number of nitrogens with zero attached hydrogens (tertiary/aromatic N) is 1. The number of para-hydroxylation sites is 1. The first-order valence-electron chi connectivity index (χ1n) is 11.7. The van der Waals surface area contributed by atoms with Crippen LogP contribution in [0.4, 0.5) is 4.79 Å². The Kier molecular flexibility index (Phi) is 9.25. The number of aliphatic carboxylic acids is 1. The second-order valence-electron chi connectivity index (χ2n) is 8.67. The monoisotopic (exact) mass is 479 g/mol. The summed E-state index contributed by atoms with van der Waals surface area (Å²) in [7, 11) is 0. The van der Waals surface area contributed by atoms with E-state index in [1.807, 2.05) is 54.6 Å². The number of benzene rings is 2. The van der Waals surface area contributed by atoms with E-state index in [0.717, 1.165) is 48.0 Å². The lowest BCUT2D eigenvalue weighted by atomic mass is 10.0. The molecule has 4 rings (SSSR count). The number of carboxylic acid groups (broad SMARTS) is 1. The summed E-state index contributed by atoms with van der Waals surface area (Å²) >= 11 is 0. The van der Waals surface area contributed by atoms with Crippen LogP contribution in [-0.2, 0) is 22.4 Å². The second kappa shape index (κ2) is 12.6. The molecule has 0 spiro atoms. The molecule has 186 valence electrons. The average Bonchev–Trinajstić information content (AvgIpc) is 3.26. The summed E-state index contributed by atoms with van der Waals surface area (Å²) in [5.41, 5.74) is 13.6. The Hall–Kier alpha value is -3.85. The van der Waals surface area contributed by atoms with Gasteiger partial charge in [-0.05, 0) is 36.5 Å². The molecule has 9 nitrogen and oxygen atoms in total. The maximum atomic E-state index is 12.1. The molecule has 1 fully saturated rings. The van der Waals surface area contributed by atoms with E-state index in [1.54, 1.807) is 11.1 Å². The van der Waals surface area contributed by atoms with Gasteiger partial charge in [0.1, 0.15) is 6.04 Å². The Labute approximate surface area is 204 Å². The van der Waals surface area contributed by atoms with E-state index in [-0.39, 0.29) is 30.8 Å². The van der Waals surface area contributed by atoms with Crippen molar-refractivity contribution in [2.45, 2.75) is 44.2 Å². The molecule has 0 saturated carbocycles. The molecule has 1 aliphatic heterocycles. The number of carbonyl (C=O) groups is 3.